The van der Waals surface area contributed by atoms with Gasteiger partial charge >= 0.3 is 0 Å². The third-order valence-corrected chi connectivity index (χ3v) is 3.46. The topological polar surface area (TPSA) is 51.0 Å². The van der Waals surface area contributed by atoms with E-state index in [-0.39, 0.29) is 5.54 Å². The summed E-state index contributed by atoms with van der Waals surface area (Å²) in [7, 11) is 0. The molecule has 1 heterocycles. The van der Waals surface area contributed by atoms with Crippen LogP contribution >= 0.6 is 23.2 Å². The number of rotatable bonds is 4. The van der Waals surface area contributed by atoms with Crippen molar-refractivity contribution in [1.29, 1.82) is 0 Å². The van der Waals surface area contributed by atoms with Crippen molar-refractivity contribution >= 4 is 23.2 Å². The zero-order valence-electron chi connectivity index (χ0n) is 11.7. The molecule has 1 N–H and O–H groups in total. The van der Waals surface area contributed by atoms with Crippen molar-refractivity contribution in [3.05, 3.63) is 34.1 Å². The first-order valence-corrected chi connectivity index (χ1v) is 7.14. The van der Waals surface area contributed by atoms with Crippen LogP contribution in [0.5, 0.6) is 0 Å². The van der Waals surface area contributed by atoms with Crippen molar-refractivity contribution in [3.8, 4) is 11.5 Å². The average molecular weight is 314 g/mol. The lowest BCUT2D eigenvalue weighted by Gasteiger charge is -2.19. The van der Waals surface area contributed by atoms with Crippen LogP contribution in [-0.2, 0) is 6.42 Å². The molecule has 0 amide bonds. The van der Waals surface area contributed by atoms with Crippen LogP contribution in [0, 0.1) is 0 Å². The van der Waals surface area contributed by atoms with Gasteiger partial charge in [0.05, 0.1) is 15.6 Å². The lowest BCUT2D eigenvalue weighted by atomic mass is 10.1. The second kappa shape index (κ2) is 6.12. The first-order chi connectivity index (χ1) is 9.37. The SMILES string of the molecule is CC(C)(C)NCCc1nnc(-c2cccc(Cl)c2Cl)o1. The van der Waals surface area contributed by atoms with E-state index < -0.39 is 0 Å². The van der Waals surface area contributed by atoms with Crippen LogP contribution in [0.15, 0.2) is 22.6 Å². The lowest BCUT2D eigenvalue weighted by Crippen LogP contribution is -2.37. The summed E-state index contributed by atoms with van der Waals surface area (Å²) in [5.41, 5.74) is 0.723. The Labute approximate surface area is 128 Å². The lowest BCUT2D eigenvalue weighted by molar-refractivity contribution is 0.412. The number of halogens is 2. The molecule has 2 aromatic rings. The van der Waals surface area contributed by atoms with E-state index in [4.69, 9.17) is 27.6 Å². The standard InChI is InChI=1S/C14H17Cl2N3O/c1-14(2,3)17-8-7-11-18-19-13(20-11)9-5-4-6-10(15)12(9)16/h4-6,17H,7-8H2,1-3H3. The molecule has 6 heteroatoms. The van der Waals surface area contributed by atoms with Crippen molar-refractivity contribution in [2.45, 2.75) is 32.7 Å². The Morgan fingerprint density at radius 3 is 2.65 bits per heavy atom. The van der Waals surface area contributed by atoms with Gasteiger partial charge in [-0.1, -0.05) is 29.3 Å². The van der Waals surface area contributed by atoms with Gasteiger partial charge in [-0.15, -0.1) is 10.2 Å². The minimum absolute atomic E-state index is 0.0686. The summed E-state index contributed by atoms with van der Waals surface area (Å²) in [5, 5.41) is 12.3. The summed E-state index contributed by atoms with van der Waals surface area (Å²) in [6.07, 6.45) is 0.669. The normalized spacial score (nSPS) is 11.8. The van der Waals surface area contributed by atoms with Crippen molar-refractivity contribution in [3.63, 3.8) is 0 Å². The van der Waals surface area contributed by atoms with Gasteiger partial charge in [0, 0.05) is 18.5 Å². The Morgan fingerprint density at radius 2 is 1.95 bits per heavy atom. The largest absolute Gasteiger partial charge is 0.421 e. The van der Waals surface area contributed by atoms with E-state index in [2.05, 4.69) is 36.3 Å². The predicted octanol–water partition coefficient (Wildman–Crippen LogP) is 3.97. The maximum atomic E-state index is 6.13. The van der Waals surface area contributed by atoms with Gasteiger partial charge in [0.15, 0.2) is 0 Å². The molecule has 0 saturated heterocycles. The molecule has 0 atom stereocenters. The van der Waals surface area contributed by atoms with E-state index in [0.29, 0.717) is 33.8 Å². The van der Waals surface area contributed by atoms with Gasteiger partial charge in [0.2, 0.25) is 11.8 Å². The van der Waals surface area contributed by atoms with Gasteiger partial charge < -0.3 is 9.73 Å². The van der Waals surface area contributed by atoms with Crippen molar-refractivity contribution in [2.75, 3.05) is 6.54 Å². The van der Waals surface area contributed by atoms with Crippen LogP contribution in [0.25, 0.3) is 11.5 Å². The molecule has 1 aromatic heterocycles. The zero-order chi connectivity index (χ0) is 14.8. The molecule has 0 saturated carbocycles. The fourth-order valence-electron chi connectivity index (χ4n) is 1.68. The maximum absolute atomic E-state index is 6.13. The highest BCUT2D eigenvalue weighted by atomic mass is 35.5. The van der Waals surface area contributed by atoms with E-state index in [1.165, 1.54) is 0 Å². The van der Waals surface area contributed by atoms with E-state index in [0.717, 1.165) is 6.54 Å². The van der Waals surface area contributed by atoms with E-state index in [9.17, 15) is 0 Å². The third kappa shape index (κ3) is 3.95. The molecule has 0 unspecified atom stereocenters. The van der Waals surface area contributed by atoms with Gasteiger partial charge in [-0.2, -0.15) is 0 Å². The summed E-state index contributed by atoms with van der Waals surface area (Å²) in [6.45, 7) is 7.10. The predicted molar refractivity (Wildman–Crippen MR) is 81.2 cm³/mol. The Bertz CT molecular complexity index is 590. The Balaban J connectivity index is 2.07. The minimum atomic E-state index is 0.0686. The molecule has 0 aliphatic carbocycles. The van der Waals surface area contributed by atoms with Gasteiger partial charge in [-0.25, -0.2) is 0 Å². The highest BCUT2D eigenvalue weighted by molar-refractivity contribution is 6.43. The summed E-state index contributed by atoms with van der Waals surface area (Å²) in [4.78, 5) is 0. The van der Waals surface area contributed by atoms with Crippen molar-refractivity contribution in [1.82, 2.24) is 15.5 Å². The first-order valence-electron chi connectivity index (χ1n) is 6.38. The molecule has 0 fully saturated rings. The molecule has 1 aromatic carbocycles. The Morgan fingerprint density at radius 1 is 1.20 bits per heavy atom. The van der Waals surface area contributed by atoms with Crippen LogP contribution < -0.4 is 5.32 Å². The van der Waals surface area contributed by atoms with E-state index in [1.54, 1.807) is 18.2 Å². The summed E-state index contributed by atoms with van der Waals surface area (Å²) >= 11 is 12.1. The van der Waals surface area contributed by atoms with Crippen LogP contribution in [0.2, 0.25) is 10.0 Å². The molecule has 4 nitrogen and oxygen atoms in total. The molecular formula is C14H17Cl2N3O. The highest BCUT2D eigenvalue weighted by Gasteiger charge is 2.14. The van der Waals surface area contributed by atoms with Gasteiger partial charge in [0.25, 0.3) is 0 Å². The number of aromatic nitrogens is 2. The Kier molecular flexibility index (Phi) is 4.68. The smallest absolute Gasteiger partial charge is 0.249 e. The molecule has 0 bridgehead atoms. The number of nitrogens with one attached hydrogen (secondary N) is 1. The number of benzene rings is 1. The van der Waals surface area contributed by atoms with Crippen LogP contribution in [-0.4, -0.2) is 22.3 Å². The molecular weight excluding hydrogens is 297 g/mol. The highest BCUT2D eigenvalue weighted by Crippen LogP contribution is 2.32. The van der Waals surface area contributed by atoms with Crippen molar-refractivity contribution in [2.24, 2.45) is 0 Å². The minimum Gasteiger partial charge on any atom is -0.421 e. The number of nitrogens with zero attached hydrogens (tertiary/aromatic N) is 2. The quantitative estimate of drug-likeness (QED) is 0.927. The van der Waals surface area contributed by atoms with E-state index in [1.807, 2.05) is 0 Å². The molecule has 0 aliphatic heterocycles. The van der Waals surface area contributed by atoms with Crippen LogP contribution in [0.4, 0.5) is 0 Å². The monoisotopic (exact) mass is 313 g/mol. The molecule has 0 aliphatic rings. The first kappa shape index (κ1) is 15.3. The van der Waals surface area contributed by atoms with Gasteiger partial charge in [0.1, 0.15) is 0 Å². The second-order valence-electron chi connectivity index (χ2n) is 5.53. The van der Waals surface area contributed by atoms with Gasteiger partial charge in [-0.05, 0) is 32.9 Å². The zero-order valence-corrected chi connectivity index (χ0v) is 13.2. The van der Waals surface area contributed by atoms with Gasteiger partial charge in [-0.3, -0.25) is 0 Å². The summed E-state index contributed by atoms with van der Waals surface area (Å²) in [5.74, 6) is 0.969. The molecule has 20 heavy (non-hydrogen) atoms. The summed E-state index contributed by atoms with van der Waals surface area (Å²) in [6, 6.07) is 5.32. The fraction of sp³-hybridized carbons (Fsp3) is 0.429. The van der Waals surface area contributed by atoms with Crippen LogP contribution in [0.1, 0.15) is 26.7 Å². The maximum Gasteiger partial charge on any atom is 0.249 e. The molecule has 2 rings (SSSR count). The van der Waals surface area contributed by atoms with E-state index >= 15 is 0 Å². The molecule has 0 radical (unpaired) electrons. The number of hydrogen-bond acceptors (Lipinski definition) is 4. The van der Waals surface area contributed by atoms with Crippen molar-refractivity contribution < 1.29 is 4.42 Å². The molecule has 0 spiro atoms. The third-order valence-electron chi connectivity index (χ3n) is 2.64. The average Bonchev–Trinajstić information content (AvgIpc) is 2.79. The number of hydrogen-bond donors (Lipinski definition) is 1. The summed E-state index contributed by atoms with van der Waals surface area (Å²) < 4.78 is 5.61. The Hall–Kier alpha value is -1.10. The second-order valence-corrected chi connectivity index (χ2v) is 6.31. The van der Waals surface area contributed by atoms with Crippen LogP contribution in [0.3, 0.4) is 0 Å². The molecule has 108 valence electrons. The fourth-order valence-corrected chi connectivity index (χ4v) is 2.06.